The summed E-state index contributed by atoms with van der Waals surface area (Å²) in [6.07, 6.45) is 2.28. The highest BCUT2D eigenvalue weighted by Gasteiger charge is 2.15. The largest absolute Gasteiger partial charge is 0.393 e. The molecule has 0 saturated heterocycles. The summed E-state index contributed by atoms with van der Waals surface area (Å²) in [5, 5.41) is 13.7. The predicted molar refractivity (Wildman–Crippen MR) is 69.2 cm³/mol. The fraction of sp³-hybridized carbons (Fsp3) is 0.538. The quantitative estimate of drug-likeness (QED) is 0.884. The van der Waals surface area contributed by atoms with E-state index >= 15 is 0 Å². The Balaban J connectivity index is 2.07. The molecule has 1 atom stereocenters. The Morgan fingerprint density at radius 1 is 1.32 bits per heavy atom. The monoisotopic (exact) mass is 262 g/mol. The Morgan fingerprint density at radius 2 is 2.11 bits per heavy atom. The first kappa shape index (κ1) is 13.6. The normalized spacial score (nSPS) is 12.9. The van der Waals surface area contributed by atoms with E-state index in [9.17, 15) is 5.11 Å². The summed E-state index contributed by atoms with van der Waals surface area (Å²) < 4.78 is 5.13. The van der Waals surface area contributed by atoms with E-state index in [-0.39, 0.29) is 0 Å². The van der Waals surface area contributed by atoms with Crippen molar-refractivity contribution < 1.29 is 9.63 Å². The molecule has 0 spiro atoms. The van der Waals surface area contributed by atoms with Gasteiger partial charge in [0.1, 0.15) is 11.5 Å². The van der Waals surface area contributed by atoms with Gasteiger partial charge < -0.3 is 9.63 Å². The van der Waals surface area contributed by atoms with Crippen LogP contribution in [-0.4, -0.2) is 31.3 Å². The molecule has 2 rings (SSSR count). The van der Waals surface area contributed by atoms with Gasteiger partial charge in [0.15, 0.2) is 0 Å². The van der Waals surface area contributed by atoms with Crippen molar-refractivity contribution in [2.24, 2.45) is 5.92 Å². The highest BCUT2D eigenvalue weighted by atomic mass is 16.5. The van der Waals surface area contributed by atoms with Crippen molar-refractivity contribution >= 4 is 0 Å². The van der Waals surface area contributed by atoms with E-state index in [4.69, 9.17) is 4.52 Å². The average molecular weight is 262 g/mol. The molecule has 1 N–H and O–H groups in total. The van der Waals surface area contributed by atoms with Crippen LogP contribution in [0.15, 0.2) is 16.8 Å². The van der Waals surface area contributed by atoms with E-state index in [2.05, 4.69) is 34.0 Å². The van der Waals surface area contributed by atoms with Gasteiger partial charge in [0.05, 0.1) is 12.5 Å². The number of aromatic nitrogens is 4. The van der Waals surface area contributed by atoms with Crippen LogP contribution in [0, 0.1) is 12.8 Å². The van der Waals surface area contributed by atoms with Crippen molar-refractivity contribution in [2.45, 2.75) is 39.7 Å². The number of hydrogen-bond donors (Lipinski definition) is 1. The molecule has 0 fully saturated rings. The lowest BCUT2D eigenvalue weighted by Gasteiger charge is -2.09. The molecule has 2 aromatic heterocycles. The lowest BCUT2D eigenvalue weighted by molar-refractivity contribution is 0.138. The Labute approximate surface area is 111 Å². The molecule has 0 aliphatic carbocycles. The zero-order valence-electron chi connectivity index (χ0n) is 11.4. The second-order valence-electron chi connectivity index (χ2n) is 4.99. The SMILES string of the molecule is Cc1nccc(-c2noc(CC(O)CC(C)C)n2)n1. The summed E-state index contributed by atoms with van der Waals surface area (Å²) in [5.74, 6) is 1.95. The predicted octanol–water partition coefficient (Wildman–Crippen LogP) is 1.78. The molecule has 1 unspecified atom stereocenters. The smallest absolute Gasteiger partial charge is 0.229 e. The molecule has 0 aromatic carbocycles. The van der Waals surface area contributed by atoms with Crippen LogP contribution in [0.25, 0.3) is 11.5 Å². The molecule has 0 aliphatic heterocycles. The van der Waals surface area contributed by atoms with Gasteiger partial charge in [-0.1, -0.05) is 19.0 Å². The van der Waals surface area contributed by atoms with Gasteiger partial charge in [0.25, 0.3) is 0 Å². The van der Waals surface area contributed by atoms with E-state index in [0.29, 0.717) is 42.0 Å². The highest BCUT2D eigenvalue weighted by Crippen LogP contribution is 2.15. The van der Waals surface area contributed by atoms with Crippen molar-refractivity contribution in [3.63, 3.8) is 0 Å². The maximum Gasteiger partial charge on any atom is 0.229 e. The topological polar surface area (TPSA) is 84.9 Å². The molecule has 0 aliphatic rings. The summed E-state index contributed by atoms with van der Waals surface area (Å²) in [4.78, 5) is 12.5. The Hall–Kier alpha value is -1.82. The van der Waals surface area contributed by atoms with Crippen LogP contribution in [0.4, 0.5) is 0 Å². The zero-order valence-corrected chi connectivity index (χ0v) is 11.4. The van der Waals surface area contributed by atoms with Gasteiger partial charge >= 0.3 is 0 Å². The lowest BCUT2D eigenvalue weighted by Crippen LogP contribution is -2.13. The van der Waals surface area contributed by atoms with Crippen LogP contribution >= 0.6 is 0 Å². The molecule has 0 radical (unpaired) electrons. The maximum atomic E-state index is 9.84. The Kier molecular flexibility index (Phi) is 4.21. The minimum atomic E-state index is -0.458. The lowest BCUT2D eigenvalue weighted by atomic mass is 10.0. The van der Waals surface area contributed by atoms with Gasteiger partial charge in [-0.2, -0.15) is 4.98 Å². The maximum absolute atomic E-state index is 9.84. The zero-order chi connectivity index (χ0) is 13.8. The summed E-state index contributed by atoms with van der Waals surface area (Å²) in [5.41, 5.74) is 0.626. The second-order valence-corrected chi connectivity index (χ2v) is 4.99. The van der Waals surface area contributed by atoms with Crippen LogP contribution in [0.2, 0.25) is 0 Å². The highest BCUT2D eigenvalue weighted by molar-refractivity contribution is 5.46. The average Bonchev–Trinajstić information content (AvgIpc) is 2.76. The van der Waals surface area contributed by atoms with E-state index in [1.54, 1.807) is 19.2 Å². The molecule has 0 amide bonds. The molecule has 2 heterocycles. The summed E-state index contributed by atoms with van der Waals surface area (Å²) in [6.45, 7) is 5.93. The summed E-state index contributed by atoms with van der Waals surface area (Å²) in [6, 6.07) is 1.73. The molecular formula is C13H18N4O2. The minimum Gasteiger partial charge on any atom is -0.393 e. The second kappa shape index (κ2) is 5.88. The van der Waals surface area contributed by atoms with Crippen LogP contribution < -0.4 is 0 Å². The molecule has 6 nitrogen and oxygen atoms in total. The van der Waals surface area contributed by atoms with E-state index in [1.165, 1.54) is 0 Å². The molecule has 0 saturated carbocycles. The molecule has 102 valence electrons. The van der Waals surface area contributed by atoms with E-state index < -0.39 is 6.10 Å². The Morgan fingerprint density at radius 3 is 2.79 bits per heavy atom. The van der Waals surface area contributed by atoms with E-state index in [1.807, 2.05) is 0 Å². The number of hydrogen-bond acceptors (Lipinski definition) is 6. The molecule has 0 bridgehead atoms. The molecule has 2 aromatic rings. The minimum absolute atomic E-state index is 0.370. The van der Waals surface area contributed by atoms with Crippen molar-refractivity contribution in [3.8, 4) is 11.5 Å². The van der Waals surface area contributed by atoms with Crippen LogP contribution in [0.1, 0.15) is 32.0 Å². The third-order valence-corrected chi connectivity index (χ3v) is 2.63. The van der Waals surface area contributed by atoms with Gasteiger partial charge in [-0.25, -0.2) is 9.97 Å². The van der Waals surface area contributed by atoms with Crippen LogP contribution in [0.5, 0.6) is 0 Å². The van der Waals surface area contributed by atoms with E-state index in [0.717, 1.165) is 0 Å². The van der Waals surface area contributed by atoms with Crippen molar-refractivity contribution in [2.75, 3.05) is 0 Å². The standard InChI is InChI=1S/C13H18N4O2/c1-8(2)6-10(18)7-12-16-13(17-19-12)11-4-5-14-9(3)15-11/h4-5,8,10,18H,6-7H2,1-3H3. The van der Waals surface area contributed by atoms with Crippen molar-refractivity contribution in [1.29, 1.82) is 0 Å². The number of aliphatic hydroxyl groups excluding tert-OH is 1. The van der Waals surface area contributed by atoms with Crippen molar-refractivity contribution in [1.82, 2.24) is 20.1 Å². The van der Waals surface area contributed by atoms with Gasteiger partial charge in [-0.05, 0) is 25.3 Å². The third-order valence-electron chi connectivity index (χ3n) is 2.63. The third kappa shape index (κ3) is 3.82. The van der Waals surface area contributed by atoms with Gasteiger partial charge in [-0.3, -0.25) is 0 Å². The Bertz CT molecular complexity index is 539. The van der Waals surface area contributed by atoms with Gasteiger partial charge in [0, 0.05) is 6.20 Å². The fourth-order valence-electron chi connectivity index (χ4n) is 1.85. The van der Waals surface area contributed by atoms with Crippen LogP contribution in [0.3, 0.4) is 0 Å². The first-order chi connectivity index (χ1) is 9.04. The fourth-order valence-corrected chi connectivity index (χ4v) is 1.85. The number of nitrogens with zero attached hydrogens (tertiary/aromatic N) is 4. The molecule has 19 heavy (non-hydrogen) atoms. The molecule has 6 heteroatoms. The number of aryl methyl sites for hydroxylation is 1. The summed E-state index contributed by atoms with van der Waals surface area (Å²) in [7, 11) is 0. The molecular weight excluding hydrogens is 244 g/mol. The first-order valence-electron chi connectivity index (χ1n) is 6.35. The summed E-state index contributed by atoms with van der Waals surface area (Å²) >= 11 is 0. The number of aliphatic hydroxyl groups is 1. The van der Waals surface area contributed by atoms with Gasteiger partial charge in [0.2, 0.25) is 11.7 Å². The number of rotatable bonds is 5. The van der Waals surface area contributed by atoms with Crippen molar-refractivity contribution in [3.05, 3.63) is 24.0 Å². The first-order valence-corrected chi connectivity index (χ1v) is 6.35. The van der Waals surface area contributed by atoms with Gasteiger partial charge in [-0.15, -0.1) is 0 Å². The van der Waals surface area contributed by atoms with Crippen LogP contribution in [-0.2, 0) is 6.42 Å².